The predicted molar refractivity (Wildman–Crippen MR) is 84.8 cm³/mol. The van der Waals surface area contributed by atoms with Crippen LogP contribution in [0, 0.1) is 22.2 Å². The summed E-state index contributed by atoms with van der Waals surface area (Å²) in [5.74, 6) is 0.945. The molecule has 4 saturated carbocycles. The number of hydrogen-bond donors (Lipinski definition) is 1. The summed E-state index contributed by atoms with van der Waals surface area (Å²) in [6.07, 6.45) is 10.5. The third-order valence-corrected chi connectivity index (χ3v) is 6.73. The van der Waals surface area contributed by atoms with Crippen molar-refractivity contribution in [2.75, 3.05) is 7.05 Å². The second-order valence-corrected chi connectivity index (χ2v) is 9.09. The minimum absolute atomic E-state index is 0.436. The highest BCUT2D eigenvalue weighted by molar-refractivity contribution is 5.19. The Bertz CT molecular complexity index is 543. The number of aromatic nitrogens is 2. The third kappa shape index (κ3) is 1.93. The second kappa shape index (κ2) is 4.13. The summed E-state index contributed by atoms with van der Waals surface area (Å²) in [6, 6.07) is 2.66. The molecule has 4 fully saturated rings. The van der Waals surface area contributed by atoms with Crippen LogP contribution in [0.5, 0.6) is 0 Å². The van der Waals surface area contributed by atoms with Gasteiger partial charge in [-0.25, -0.2) is 0 Å². The molecule has 21 heavy (non-hydrogen) atoms. The van der Waals surface area contributed by atoms with E-state index < -0.39 is 0 Å². The number of rotatable bonds is 3. The summed E-state index contributed by atoms with van der Waals surface area (Å²) < 4.78 is 2.07. The zero-order chi connectivity index (χ0) is 14.9. The fourth-order valence-corrected chi connectivity index (χ4v) is 7.29. The maximum Gasteiger partial charge on any atom is 0.0555 e. The Morgan fingerprint density at radius 2 is 1.86 bits per heavy atom. The molecule has 4 bridgehead atoms. The van der Waals surface area contributed by atoms with Crippen molar-refractivity contribution in [2.45, 2.75) is 58.4 Å². The molecule has 5 rings (SSSR count). The molecule has 1 aromatic rings. The minimum atomic E-state index is 0.436. The maximum atomic E-state index is 4.42. The van der Waals surface area contributed by atoms with Crippen LogP contribution in [0.2, 0.25) is 0 Å². The zero-order valence-electron chi connectivity index (χ0n) is 13.9. The molecule has 0 aromatic carbocycles. The monoisotopic (exact) mass is 287 g/mol. The first-order valence-corrected chi connectivity index (χ1v) is 8.52. The first kappa shape index (κ1) is 13.8. The summed E-state index contributed by atoms with van der Waals surface area (Å²) >= 11 is 0. The van der Waals surface area contributed by atoms with Crippen molar-refractivity contribution >= 4 is 0 Å². The summed E-state index contributed by atoms with van der Waals surface area (Å²) in [5, 5.41) is 8.10. The highest BCUT2D eigenvalue weighted by Crippen LogP contribution is 2.72. The van der Waals surface area contributed by atoms with Gasteiger partial charge in [-0.1, -0.05) is 13.8 Å². The third-order valence-electron chi connectivity index (χ3n) is 6.73. The summed E-state index contributed by atoms with van der Waals surface area (Å²) in [5.41, 5.74) is 2.95. The van der Waals surface area contributed by atoms with Gasteiger partial charge in [0.2, 0.25) is 0 Å². The molecular formula is C18H29N3. The van der Waals surface area contributed by atoms with Crippen LogP contribution in [0.1, 0.15) is 64.1 Å². The lowest BCUT2D eigenvalue weighted by atomic mass is 9.39. The van der Waals surface area contributed by atoms with Crippen LogP contribution in [0.15, 0.2) is 12.3 Å². The molecule has 0 aliphatic heterocycles. The van der Waals surface area contributed by atoms with Gasteiger partial charge in [0.15, 0.2) is 0 Å². The Kier molecular flexibility index (Phi) is 2.71. The van der Waals surface area contributed by atoms with Gasteiger partial charge in [-0.15, -0.1) is 0 Å². The summed E-state index contributed by atoms with van der Waals surface area (Å²) in [7, 11) is 4.23. The molecule has 3 unspecified atom stereocenters. The Balaban J connectivity index is 1.78. The van der Waals surface area contributed by atoms with E-state index in [1.54, 1.807) is 0 Å². The van der Waals surface area contributed by atoms with Crippen molar-refractivity contribution in [1.82, 2.24) is 15.1 Å². The Hall–Kier alpha value is -0.830. The van der Waals surface area contributed by atoms with Crippen molar-refractivity contribution in [2.24, 2.45) is 29.2 Å². The lowest BCUT2D eigenvalue weighted by Gasteiger charge is -2.67. The molecule has 4 aliphatic carbocycles. The molecule has 0 amide bonds. The van der Waals surface area contributed by atoms with E-state index in [4.69, 9.17) is 0 Å². The van der Waals surface area contributed by atoms with Gasteiger partial charge in [-0.2, -0.15) is 5.10 Å². The molecule has 1 N–H and O–H groups in total. The standard InChI is InChI=1S/C18H29N3/c1-16-7-13-8-17(2,10-16)12-18(9-13,11-16)15(19-3)14-5-6-20-21(14)4/h5-6,13,15,19H,7-12H2,1-4H3. The Morgan fingerprint density at radius 3 is 2.33 bits per heavy atom. The molecule has 3 heteroatoms. The van der Waals surface area contributed by atoms with Crippen LogP contribution in [-0.2, 0) is 7.05 Å². The Morgan fingerprint density at radius 1 is 1.19 bits per heavy atom. The van der Waals surface area contributed by atoms with E-state index in [1.807, 2.05) is 6.20 Å². The van der Waals surface area contributed by atoms with Gasteiger partial charge >= 0.3 is 0 Å². The molecule has 0 spiro atoms. The minimum Gasteiger partial charge on any atom is -0.311 e. The normalized spacial score (nSPS) is 46.0. The highest BCUT2D eigenvalue weighted by Gasteiger charge is 2.62. The van der Waals surface area contributed by atoms with Gasteiger partial charge < -0.3 is 5.32 Å². The molecule has 116 valence electrons. The van der Waals surface area contributed by atoms with E-state index >= 15 is 0 Å². The highest BCUT2D eigenvalue weighted by atomic mass is 15.3. The van der Waals surface area contributed by atoms with Gasteiger partial charge in [-0.3, -0.25) is 4.68 Å². The van der Waals surface area contributed by atoms with E-state index in [0.717, 1.165) is 5.92 Å². The van der Waals surface area contributed by atoms with Crippen LogP contribution in [-0.4, -0.2) is 16.8 Å². The fourth-order valence-electron chi connectivity index (χ4n) is 7.29. The largest absolute Gasteiger partial charge is 0.311 e. The number of nitrogens with one attached hydrogen (secondary N) is 1. The molecular weight excluding hydrogens is 258 g/mol. The van der Waals surface area contributed by atoms with Gasteiger partial charge in [0, 0.05) is 13.2 Å². The second-order valence-electron chi connectivity index (χ2n) is 9.09. The number of nitrogens with zero attached hydrogens (tertiary/aromatic N) is 2. The fraction of sp³-hybridized carbons (Fsp3) is 0.833. The molecule has 3 nitrogen and oxygen atoms in total. The number of aryl methyl sites for hydroxylation is 1. The van der Waals surface area contributed by atoms with E-state index in [9.17, 15) is 0 Å². The van der Waals surface area contributed by atoms with E-state index in [2.05, 4.69) is 49.1 Å². The van der Waals surface area contributed by atoms with E-state index in [1.165, 1.54) is 44.2 Å². The first-order chi connectivity index (χ1) is 9.87. The lowest BCUT2D eigenvalue weighted by Crippen LogP contribution is -2.58. The van der Waals surface area contributed by atoms with Gasteiger partial charge in [-0.05, 0) is 73.8 Å². The van der Waals surface area contributed by atoms with Crippen LogP contribution in [0.25, 0.3) is 0 Å². The van der Waals surface area contributed by atoms with Crippen LogP contribution < -0.4 is 5.32 Å². The van der Waals surface area contributed by atoms with Gasteiger partial charge in [0.25, 0.3) is 0 Å². The molecule has 1 aromatic heterocycles. The molecule has 0 saturated heterocycles. The van der Waals surface area contributed by atoms with Crippen LogP contribution in [0.4, 0.5) is 0 Å². The molecule has 3 atom stereocenters. The van der Waals surface area contributed by atoms with Crippen molar-refractivity contribution < 1.29 is 0 Å². The van der Waals surface area contributed by atoms with E-state index in [-0.39, 0.29) is 0 Å². The molecule has 4 aliphatic rings. The summed E-state index contributed by atoms with van der Waals surface area (Å²) in [6.45, 7) is 5.11. The molecule has 1 heterocycles. The summed E-state index contributed by atoms with van der Waals surface area (Å²) in [4.78, 5) is 0. The predicted octanol–water partition coefficient (Wildman–Crippen LogP) is 3.68. The number of hydrogen-bond acceptors (Lipinski definition) is 2. The quantitative estimate of drug-likeness (QED) is 0.919. The van der Waals surface area contributed by atoms with Crippen LogP contribution >= 0.6 is 0 Å². The maximum absolute atomic E-state index is 4.42. The first-order valence-electron chi connectivity index (χ1n) is 8.52. The van der Waals surface area contributed by atoms with E-state index in [0.29, 0.717) is 22.3 Å². The topological polar surface area (TPSA) is 29.9 Å². The zero-order valence-corrected chi connectivity index (χ0v) is 13.9. The van der Waals surface area contributed by atoms with Crippen LogP contribution in [0.3, 0.4) is 0 Å². The average molecular weight is 287 g/mol. The van der Waals surface area contributed by atoms with Crippen molar-refractivity contribution in [3.8, 4) is 0 Å². The average Bonchev–Trinajstić information content (AvgIpc) is 2.71. The van der Waals surface area contributed by atoms with Crippen molar-refractivity contribution in [3.63, 3.8) is 0 Å². The molecule has 0 radical (unpaired) electrons. The lowest BCUT2D eigenvalue weighted by molar-refractivity contribution is -0.158. The van der Waals surface area contributed by atoms with Crippen molar-refractivity contribution in [3.05, 3.63) is 18.0 Å². The van der Waals surface area contributed by atoms with Crippen molar-refractivity contribution in [1.29, 1.82) is 0 Å². The van der Waals surface area contributed by atoms with Gasteiger partial charge in [0.1, 0.15) is 0 Å². The van der Waals surface area contributed by atoms with Gasteiger partial charge in [0.05, 0.1) is 11.7 Å². The Labute approximate surface area is 128 Å². The SMILES string of the molecule is CNC(c1ccnn1C)C12CC3CC(C)(CC(C)(C3)C1)C2. The smallest absolute Gasteiger partial charge is 0.0555 e.